The lowest BCUT2D eigenvalue weighted by Gasteiger charge is -2.13. The van der Waals surface area contributed by atoms with Crippen molar-refractivity contribution in [2.45, 2.75) is 32.9 Å². The number of nitrogens with one attached hydrogen (secondary N) is 1. The molecule has 1 heterocycles. The molecule has 1 atom stereocenters. The van der Waals surface area contributed by atoms with E-state index in [1.807, 2.05) is 12.1 Å². The first-order valence-corrected chi connectivity index (χ1v) is 6.90. The fourth-order valence-corrected chi connectivity index (χ4v) is 2.14. The molecule has 96 valence electrons. The number of aryl methyl sites for hydroxylation is 1. The molecule has 1 aromatic carbocycles. The lowest BCUT2D eigenvalue weighted by Crippen LogP contribution is -2.18. The van der Waals surface area contributed by atoms with Crippen LogP contribution < -0.4 is 5.32 Å². The Hall–Kier alpha value is -1.13. The minimum Gasteiger partial charge on any atom is -0.444 e. The van der Waals surface area contributed by atoms with Crippen LogP contribution in [0.3, 0.4) is 0 Å². The van der Waals surface area contributed by atoms with Gasteiger partial charge in [0.05, 0.1) is 12.7 Å². The lowest BCUT2D eigenvalue weighted by molar-refractivity contribution is 0.424. The van der Waals surface area contributed by atoms with Gasteiger partial charge in [0.1, 0.15) is 5.76 Å². The zero-order valence-corrected chi connectivity index (χ0v) is 12.2. The third kappa shape index (κ3) is 3.43. The Morgan fingerprint density at radius 3 is 2.94 bits per heavy atom. The van der Waals surface area contributed by atoms with Gasteiger partial charge < -0.3 is 9.73 Å². The summed E-state index contributed by atoms with van der Waals surface area (Å²) in [7, 11) is 0. The van der Waals surface area contributed by atoms with Crippen LogP contribution in [-0.4, -0.2) is 4.98 Å². The number of halogens is 1. The smallest absolute Gasteiger partial charge is 0.208 e. The van der Waals surface area contributed by atoms with Gasteiger partial charge in [-0.1, -0.05) is 35.0 Å². The van der Waals surface area contributed by atoms with E-state index in [1.54, 1.807) is 6.20 Å². The van der Waals surface area contributed by atoms with E-state index >= 15 is 0 Å². The summed E-state index contributed by atoms with van der Waals surface area (Å²) in [6.45, 7) is 4.83. The highest BCUT2D eigenvalue weighted by atomic mass is 79.9. The van der Waals surface area contributed by atoms with Crippen molar-refractivity contribution in [3.63, 3.8) is 0 Å². The molecule has 0 fully saturated rings. The first-order valence-electron chi connectivity index (χ1n) is 6.11. The van der Waals surface area contributed by atoms with Gasteiger partial charge >= 0.3 is 0 Å². The van der Waals surface area contributed by atoms with E-state index in [9.17, 15) is 0 Å². The van der Waals surface area contributed by atoms with Gasteiger partial charge in [0.2, 0.25) is 5.89 Å². The van der Waals surface area contributed by atoms with Crippen molar-refractivity contribution in [1.82, 2.24) is 10.3 Å². The normalized spacial score (nSPS) is 12.6. The third-order valence-electron chi connectivity index (χ3n) is 2.86. The highest BCUT2D eigenvalue weighted by Gasteiger charge is 2.07. The van der Waals surface area contributed by atoms with Gasteiger partial charge in [0.15, 0.2) is 0 Å². The van der Waals surface area contributed by atoms with Crippen LogP contribution in [0.1, 0.15) is 37.1 Å². The SMILES string of the molecule is CCc1cnc(CNC(C)c2cccc(Br)c2)o1. The second kappa shape index (κ2) is 6.16. The van der Waals surface area contributed by atoms with Gasteiger partial charge in [0, 0.05) is 16.9 Å². The standard InChI is InChI=1S/C14H17BrN2O/c1-3-13-8-17-14(18-13)9-16-10(2)11-5-4-6-12(15)7-11/h4-8,10,16H,3,9H2,1-2H3. The molecule has 0 saturated heterocycles. The van der Waals surface area contributed by atoms with Crippen molar-refractivity contribution in [2.75, 3.05) is 0 Å². The zero-order valence-electron chi connectivity index (χ0n) is 10.6. The monoisotopic (exact) mass is 308 g/mol. The molecule has 0 radical (unpaired) electrons. The second-order valence-corrected chi connectivity index (χ2v) is 5.15. The molecule has 2 rings (SSSR count). The summed E-state index contributed by atoms with van der Waals surface area (Å²) in [5, 5.41) is 3.40. The van der Waals surface area contributed by atoms with E-state index in [1.165, 1.54) is 5.56 Å². The Balaban J connectivity index is 1.93. The maximum absolute atomic E-state index is 5.56. The molecule has 0 bridgehead atoms. The molecule has 0 aliphatic heterocycles. The van der Waals surface area contributed by atoms with E-state index in [4.69, 9.17) is 4.42 Å². The number of nitrogens with zero attached hydrogens (tertiary/aromatic N) is 1. The number of oxazole rings is 1. The molecule has 0 aliphatic carbocycles. The molecule has 0 amide bonds. The summed E-state index contributed by atoms with van der Waals surface area (Å²) < 4.78 is 6.66. The van der Waals surface area contributed by atoms with Crippen LogP contribution in [0.2, 0.25) is 0 Å². The number of aromatic nitrogens is 1. The number of hydrogen-bond donors (Lipinski definition) is 1. The van der Waals surface area contributed by atoms with Crippen LogP contribution in [0, 0.1) is 0 Å². The van der Waals surface area contributed by atoms with Gasteiger partial charge in [-0.05, 0) is 24.6 Å². The van der Waals surface area contributed by atoms with Gasteiger partial charge in [0.25, 0.3) is 0 Å². The minimum atomic E-state index is 0.263. The molecule has 0 saturated carbocycles. The van der Waals surface area contributed by atoms with Crippen molar-refractivity contribution >= 4 is 15.9 Å². The largest absolute Gasteiger partial charge is 0.444 e. The molecule has 2 aromatic rings. The Morgan fingerprint density at radius 2 is 2.28 bits per heavy atom. The average Bonchev–Trinajstić information content (AvgIpc) is 2.84. The fraction of sp³-hybridized carbons (Fsp3) is 0.357. The lowest BCUT2D eigenvalue weighted by atomic mass is 10.1. The summed E-state index contributed by atoms with van der Waals surface area (Å²) in [6, 6.07) is 8.55. The minimum absolute atomic E-state index is 0.263. The summed E-state index contributed by atoms with van der Waals surface area (Å²) in [5.41, 5.74) is 1.24. The van der Waals surface area contributed by atoms with Crippen LogP contribution in [0.15, 0.2) is 39.4 Å². The van der Waals surface area contributed by atoms with Crippen LogP contribution >= 0.6 is 15.9 Å². The van der Waals surface area contributed by atoms with Gasteiger partial charge in [-0.2, -0.15) is 0 Å². The molecule has 18 heavy (non-hydrogen) atoms. The number of hydrogen-bond acceptors (Lipinski definition) is 3. The predicted molar refractivity (Wildman–Crippen MR) is 75.3 cm³/mol. The van der Waals surface area contributed by atoms with E-state index in [-0.39, 0.29) is 6.04 Å². The molecule has 4 heteroatoms. The van der Waals surface area contributed by atoms with E-state index in [0.717, 1.165) is 22.5 Å². The van der Waals surface area contributed by atoms with Crippen molar-refractivity contribution in [2.24, 2.45) is 0 Å². The molecule has 3 nitrogen and oxygen atoms in total. The topological polar surface area (TPSA) is 38.1 Å². The average molecular weight is 309 g/mol. The molecular formula is C14H17BrN2O. The van der Waals surface area contributed by atoms with Crippen LogP contribution in [0.4, 0.5) is 0 Å². The first kappa shape index (κ1) is 13.3. The molecule has 1 unspecified atom stereocenters. The van der Waals surface area contributed by atoms with Crippen molar-refractivity contribution in [1.29, 1.82) is 0 Å². The van der Waals surface area contributed by atoms with Gasteiger partial charge in [-0.3, -0.25) is 0 Å². The quantitative estimate of drug-likeness (QED) is 0.911. The predicted octanol–water partition coefficient (Wildman–Crippen LogP) is 3.85. The van der Waals surface area contributed by atoms with E-state index in [0.29, 0.717) is 6.54 Å². The molecule has 1 N–H and O–H groups in total. The zero-order chi connectivity index (χ0) is 13.0. The Morgan fingerprint density at radius 1 is 1.44 bits per heavy atom. The fourth-order valence-electron chi connectivity index (χ4n) is 1.73. The first-order chi connectivity index (χ1) is 8.69. The molecule has 0 spiro atoms. The van der Waals surface area contributed by atoms with Gasteiger partial charge in [-0.25, -0.2) is 4.98 Å². The molecular weight excluding hydrogens is 292 g/mol. The van der Waals surface area contributed by atoms with Crippen LogP contribution in [0.25, 0.3) is 0 Å². The van der Waals surface area contributed by atoms with E-state index in [2.05, 4.69) is 52.2 Å². The summed E-state index contributed by atoms with van der Waals surface area (Å²) in [6.07, 6.45) is 2.68. The number of benzene rings is 1. The van der Waals surface area contributed by atoms with Crippen LogP contribution in [-0.2, 0) is 13.0 Å². The third-order valence-corrected chi connectivity index (χ3v) is 3.35. The number of rotatable bonds is 5. The van der Waals surface area contributed by atoms with E-state index < -0.39 is 0 Å². The maximum atomic E-state index is 5.56. The Kier molecular flexibility index (Phi) is 4.55. The van der Waals surface area contributed by atoms with Gasteiger partial charge in [-0.15, -0.1) is 0 Å². The highest BCUT2D eigenvalue weighted by molar-refractivity contribution is 9.10. The molecule has 1 aromatic heterocycles. The van der Waals surface area contributed by atoms with Crippen LogP contribution in [0.5, 0.6) is 0 Å². The molecule has 0 aliphatic rings. The summed E-state index contributed by atoms with van der Waals surface area (Å²) in [5.74, 6) is 1.68. The second-order valence-electron chi connectivity index (χ2n) is 4.23. The van der Waals surface area contributed by atoms with Crippen molar-refractivity contribution in [3.05, 3.63) is 52.1 Å². The Labute approximate surface area is 116 Å². The summed E-state index contributed by atoms with van der Waals surface area (Å²) >= 11 is 3.48. The highest BCUT2D eigenvalue weighted by Crippen LogP contribution is 2.18. The van der Waals surface area contributed by atoms with Crippen molar-refractivity contribution < 1.29 is 4.42 Å². The maximum Gasteiger partial charge on any atom is 0.208 e. The summed E-state index contributed by atoms with van der Waals surface area (Å²) in [4.78, 5) is 4.23. The Bertz CT molecular complexity index is 510. The van der Waals surface area contributed by atoms with Crippen molar-refractivity contribution in [3.8, 4) is 0 Å².